The molecule has 33 heavy (non-hydrogen) atoms. The zero-order valence-electron chi connectivity index (χ0n) is 18.1. The van der Waals surface area contributed by atoms with Crippen molar-refractivity contribution in [2.24, 2.45) is 0 Å². The van der Waals surface area contributed by atoms with Gasteiger partial charge in [-0.3, -0.25) is 9.69 Å². The Balaban J connectivity index is 1.84. The zero-order chi connectivity index (χ0) is 24.0. The van der Waals surface area contributed by atoms with Crippen LogP contribution in [0.25, 0.3) is 0 Å². The maximum absolute atomic E-state index is 12.8. The first-order chi connectivity index (χ1) is 15.8. The number of nitrogens with zero attached hydrogens (tertiary/aromatic N) is 1. The van der Waals surface area contributed by atoms with Crippen LogP contribution in [0.3, 0.4) is 0 Å². The topological polar surface area (TPSA) is 113 Å². The number of benzene rings is 1. The summed E-state index contributed by atoms with van der Waals surface area (Å²) < 4.78 is 10.6. The molecule has 0 radical (unpaired) electrons. The van der Waals surface area contributed by atoms with Gasteiger partial charge in [0, 0.05) is 12.2 Å². The minimum atomic E-state index is -0.822. The number of esters is 1. The van der Waals surface area contributed by atoms with Crippen molar-refractivity contribution in [3.05, 3.63) is 63.7 Å². The van der Waals surface area contributed by atoms with E-state index in [1.807, 2.05) is 6.92 Å². The second kappa shape index (κ2) is 11.2. The van der Waals surface area contributed by atoms with Gasteiger partial charge in [0.25, 0.3) is 0 Å². The molecule has 0 spiro atoms. The molecular weight excluding hydrogens is 471 g/mol. The van der Waals surface area contributed by atoms with Crippen LogP contribution in [0.1, 0.15) is 25.6 Å². The van der Waals surface area contributed by atoms with E-state index in [1.54, 1.807) is 42.2 Å². The minimum absolute atomic E-state index is 0.0353. The molecule has 0 fully saturated rings. The second-order valence-corrected chi connectivity index (χ2v) is 7.92. The number of halogens is 2. The van der Waals surface area contributed by atoms with Gasteiger partial charge >= 0.3 is 12.0 Å². The van der Waals surface area contributed by atoms with Crippen molar-refractivity contribution in [3.8, 4) is 0 Å². The van der Waals surface area contributed by atoms with Gasteiger partial charge in [-0.1, -0.05) is 36.2 Å². The van der Waals surface area contributed by atoms with Crippen LogP contribution in [0, 0.1) is 0 Å². The van der Waals surface area contributed by atoms with Crippen molar-refractivity contribution in [1.29, 1.82) is 0 Å². The molecule has 11 heteroatoms. The number of anilines is 1. The zero-order valence-corrected chi connectivity index (χ0v) is 19.6. The van der Waals surface area contributed by atoms with E-state index in [4.69, 9.17) is 32.4 Å². The molecule has 1 aliphatic rings. The van der Waals surface area contributed by atoms with Gasteiger partial charge in [0.15, 0.2) is 0 Å². The Morgan fingerprint density at radius 3 is 2.52 bits per heavy atom. The second-order valence-electron chi connectivity index (χ2n) is 7.11. The lowest BCUT2D eigenvalue weighted by molar-refractivity contribution is -0.139. The number of furan rings is 1. The minimum Gasteiger partial charge on any atom is -0.467 e. The lowest BCUT2D eigenvalue weighted by Gasteiger charge is -2.30. The maximum Gasteiger partial charge on any atom is 0.338 e. The van der Waals surface area contributed by atoms with Gasteiger partial charge in [-0.15, -0.1) is 0 Å². The molecule has 9 nitrogen and oxygen atoms in total. The Hall–Kier alpha value is -3.01. The number of likely N-dealkylation sites (N-methyl/N-ethyl adjacent to an activating group) is 1. The summed E-state index contributed by atoms with van der Waals surface area (Å²) in [5, 5.41) is 8.70. The Labute approximate surface area is 201 Å². The number of amides is 3. The highest BCUT2D eigenvalue weighted by Crippen LogP contribution is 2.30. The van der Waals surface area contributed by atoms with Gasteiger partial charge in [-0.05, 0) is 37.7 Å². The van der Waals surface area contributed by atoms with E-state index in [2.05, 4.69) is 16.0 Å². The number of ether oxygens (including phenoxy) is 1. The SMILES string of the molecule is CCOC(=O)C1=C(CN(CC)CC(=O)Nc2c(Cl)cccc2Cl)NC(=O)NC1c1ccco1. The summed E-state index contributed by atoms with van der Waals surface area (Å²) in [4.78, 5) is 39.5. The summed E-state index contributed by atoms with van der Waals surface area (Å²) in [6.07, 6.45) is 1.45. The van der Waals surface area contributed by atoms with E-state index in [0.717, 1.165) is 0 Å². The highest BCUT2D eigenvalue weighted by Gasteiger charge is 2.35. The average Bonchev–Trinajstić information content (AvgIpc) is 3.30. The van der Waals surface area contributed by atoms with Crippen molar-refractivity contribution >= 4 is 46.8 Å². The van der Waals surface area contributed by atoms with E-state index in [9.17, 15) is 14.4 Å². The molecule has 1 aliphatic heterocycles. The summed E-state index contributed by atoms with van der Waals surface area (Å²) >= 11 is 12.3. The van der Waals surface area contributed by atoms with E-state index in [1.165, 1.54) is 6.26 Å². The summed E-state index contributed by atoms with van der Waals surface area (Å²) in [6, 6.07) is 6.92. The first-order valence-electron chi connectivity index (χ1n) is 10.3. The number of nitrogens with one attached hydrogen (secondary N) is 3. The molecule has 3 rings (SSSR count). The predicted molar refractivity (Wildman–Crippen MR) is 124 cm³/mol. The van der Waals surface area contributed by atoms with Crippen molar-refractivity contribution in [1.82, 2.24) is 15.5 Å². The smallest absolute Gasteiger partial charge is 0.338 e. The molecule has 0 bridgehead atoms. The first kappa shape index (κ1) is 24.6. The third kappa shape index (κ3) is 6.07. The first-order valence-corrected chi connectivity index (χ1v) is 11.1. The molecule has 0 aliphatic carbocycles. The van der Waals surface area contributed by atoms with Crippen LogP contribution in [0.4, 0.5) is 10.5 Å². The van der Waals surface area contributed by atoms with E-state index >= 15 is 0 Å². The third-order valence-electron chi connectivity index (χ3n) is 4.90. The lowest BCUT2D eigenvalue weighted by atomic mass is 10.00. The molecule has 2 heterocycles. The van der Waals surface area contributed by atoms with Crippen LogP contribution in [0.15, 0.2) is 52.3 Å². The van der Waals surface area contributed by atoms with Crippen LogP contribution >= 0.6 is 23.2 Å². The maximum atomic E-state index is 12.8. The molecule has 3 N–H and O–H groups in total. The van der Waals surface area contributed by atoms with E-state index in [-0.39, 0.29) is 31.2 Å². The average molecular weight is 495 g/mol. The Morgan fingerprint density at radius 1 is 1.18 bits per heavy atom. The number of hydrogen-bond donors (Lipinski definition) is 3. The molecule has 2 aromatic rings. The summed E-state index contributed by atoms with van der Waals surface area (Å²) in [5.41, 5.74) is 0.852. The number of rotatable bonds is 9. The molecule has 1 aromatic carbocycles. The standard InChI is InChI=1S/C22H24Cl2N4O5/c1-3-28(12-17(29)26-19-13(23)7-5-8-14(19)24)11-15-18(21(30)32-4-2)20(27-22(31)25-15)16-9-6-10-33-16/h5-10,20H,3-4,11-12H2,1-2H3,(H,26,29)(H2,25,27,31). The van der Waals surface area contributed by atoms with Crippen molar-refractivity contribution < 1.29 is 23.5 Å². The fraction of sp³-hybridized carbons (Fsp3) is 0.318. The highest BCUT2D eigenvalue weighted by atomic mass is 35.5. The van der Waals surface area contributed by atoms with Crippen LogP contribution in [0.2, 0.25) is 10.0 Å². The Kier molecular flexibility index (Phi) is 8.37. The largest absolute Gasteiger partial charge is 0.467 e. The van der Waals surface area contributed by atoms with Crippen molar-refractivity contribution in [2.45, 2.75) is 19.9 Å². The molecule has 0 saturated carbocycles. The summed E-state index contributed by atoms with van der Waals surface area (Å²) in [5.74, 6) is -0.558. The number of urea groups is 1. The monoisotopic (exact) mass is 494 g/mol. The van der Waals surface area contributed by atoms with Crippen molar-refractivity contribution in [3.63, 3.8) is 0 Å². The molecule has 3 amide bonds. The molecular formula is C22H24Cl2N4O5. The predicted octanol–water partition coefficient (Wildman–Crippen LogP) is 3.72. The van der Waals surface area contributed by atoms with Crippen LogP contribution in [0.5, 0.6) is 0 Å². The molecule has 1 atom stereocenters. The van der Waals surface area contributed by atoms with Gasteiger partial charge in [-0.2, -0.15) is 0 Å². The van der Waals surface area contributed by atoms with E-state index < -0.39 is 18.0 Å². The number of carbonyl (C=O) groups excluding carboxylic acids is 3. The van der Waals surface area contributed by atoms with Gasteiger partial charge in [0.1, 0.15) is 11.8 Å². The quantitative estimate of drug-likeness (QED) is 0.457. The molecule has 176 valence electrons. The number of para-hydroxylation sites is 1. The molecule has 1 aromatic heterocycles. The van der Waals surface area contributed by atoms with E-state index in [0.29, 0.717) is 33.7 Å². The van der Waals surface area contributed by atoms with Crippen LogP contribution in [-0.2, 0) is 14.3 Å². The summed E-state index contributed by atoms with van der Waals surface area (Å²) in [7, 11) is 0. The summed E-state index contributed by atoms with van der Waals surface area (Å²) in [6.45, 7) is 4.24. The Bertz CT molecular complexity index is 1030. The van der Waals surface area contributed by atoms with Gasteiger partial charge < -0.3 is 25.1 Å². The van der Waals surface area contributed by atoms with Crippen LogP contribution < -0.4 is 16.0 Å². The lowest BCUT2D eigenvalue weighted by Crippen LogP contribution is -2.49. The van der Waals surface area contributed by atoms with Gasteiger partial charge in [-0.25, -0.2) is 9.59 Å². The van der Waals surface area contributed by atoms with Crippen LogP contribution in [-0.4, -0.2) is 49.0 Å². The number of hydrogen-bond acceptors (Lipinski definition) is 6. The molecule has 0 saturated heterocycles. The molecule has 1 unspecified atom stereocenters. The Morgan fingerprint density at radius 2 is 1.91 bits per heavy atom. The third-order valence-corrected chi connectivity index (χ3v) is 5.53. The normalized spacial score (nSPS) is 15.8. The van der Waals surface area contributed by atoms with Crippen molar-refractivity contribution in [2.75, 3.05) is 31.6 Å². The fourth-order valence-electron chi connectivity index (χ4n) is 3.36. The number of carbonyl (C=O) groups is 3. The van der Waals surface area contributed by atoms with Gasteiger partial charge in [0.05, 0.1) is 40.7 Å². The van der Waals surface area contributed by atoms with Gasteiger partial charge in [0.2, 0.25) is 5.91 Å². The highest BCUT2D eigenvalue weighted by molar-refractivity contribution is 6.39. The fourth-order valence-corrected chi connectivity index (χ4v) is 3.86.